The molecular formula is C18H24N4O. The van der Waals surface area contributed by atoms with E-state index in [1.54, 1.807) is 11.0 Å². The predicted molar refractivity (Wildman–Crippen MR) is 89.8 cm³/mol. The molecule has 2 atom stereocenters. The third-order valence-electron chi connectivity index (χ3n) is 4.89. The largest absolute Gasteiger partial charge is 0.382 e. The van der Waals surface area contributed by atoms with Crippen LogP contribution in [0.2, 0.25) is 0 Å². The lowest BCUT2D eigenvalue weighted by atomic mass is 9.85. The standard InChI is InChI=1S/C18H24N4O/c1-15-8-10-21(11-9-15)16(2)18(23,12-22-14-19-13-20-22)17-6-4-3-5-7-17/h3-7,13-14,16,23H,1,8-12H2,2H3/t16-,18-/m1/s1. The summed E-state index contributed by atoms with van der Waals surface area (Å²) in [7, 11) is 0. The molecule has 0 radical (unpaired) electrons. The van der Waals surface area contributed by atoms with Crippen LogP contribution in [-0.4, -0.2) is 43.9 Å². The van der Waals surface area contributed by atoms with Crippen LogP contribution in [0.25, 0.3) is 0 Å². The molecule has 122 valence electrons. The van der Waals surface area contributed by atoms with E-state index in [9.17, 15) is 5.11 Å². The zero-order chi connectivity index (χ0) is 16.3. The fourth-order valence-electron chi connectivity index (χ4n) is 3.28. The van der Waals surface area contributed by atoms with E-state index in [1.165, 1.54) is 11.9 Å². The summed E-state index contributed by atoms with van der Waals surface area (Å²) in [5.74, 6) is 0. The minimum Gasteiger partial charge on any atom is -0.382 e. The van der Waals surface area contributed by atoms with Crippen LogP contribution in [0.5, 0.6) is 0 Å². The molecule has 23 heavy (non-hydrogen) atoms. The summed E-state index contributed by atoms with van der Waals surface area (Å²) in [6.45, 7) is 8.43. The first-order valence-electron chi connectivity index (χ1n) is 8.10. The van der Waals surface area contributed by atoms with E-state index < -0.39 is 5.60 Å². The maximum absolute atomic E-state index is 11.6. The molecule has 5 nitrogen and oxygen atoms in total. The second-order valence-electron chi connectivity index (χ2n) is 6.35. The minimum absolute atomic E-state index is 0.0257. The number of likely N-dealkylation sites (tertiary alicyclic amines) is 1. The van der Waals surface area contributed by atoms with Crippen molar-refractivity contribution in [1.82, 2.24) is 19.7 Å². The molecule has 0 saturated carbocycles. The highest BCUT2D eigenvalue weighted by atomic mass is 16.3. The number of hydrogen-bond donors (Lipinski definition) is 1. The van der Waals surface area contributed by atoms with E-state index >= 15 is 0 Å². The second-order valence-corrected chi connectivity index (χ2v) is 6.35. The van der Waals surface area contributed by atoms with Crippen molar-refractivity contribution in [2.24, 2.45) is 0 Å². The lowest BCUT2D eigenvalue weighted by molar-refractivity contribution is -0.0634. The van der Waals surface area contributed by atoms with Gasteiger partial charge in [-0.3, -0.25) is 4.90 Å². The first-order chi connectivity index (χ1) is 11.1. The number of piperidine rings is 1. The van der Waals surface area contributed by atoms with Gasteiger partial charge in [-0.2, -0.15) is 5.10 Å². The molecule has 1 aromatic carbocycles. The molecule has 1 aliphatic heterocycles. The minimum atomic E-state index is -1.02. The van der Waals surface area contributed by atoms with Crippen LogP contribution in [0, 0.1) is 0 Å². The highest BCUT2D eigenvalue weighted by Crippen LogP contribution is 2.32. The molecule has 1 aromatic heterocycles. The predicted octanol–water partition coefficient (Wildman–Crippen LogP) is 2.21. The van der Waals surface area contributed by atoms with Crippen molar-refractivity contribution in [1.29, 1.82) is 0 Å². The maximum Gasteiger partial charge on any atom is 0.137 e. The van der Waals surface area contributed by atoms with Gasteiger partial charge < -0.3 is 5.11 Å². The number of aromatic nitrogens is 3. The molecule has 1 aliphatic rings. The van der Waals surface area contributed by atoms with Crippen LogP contribution in [0.1, 0.15) is 25.3 Å². The molecule has 0 bridgehead atoms. The summed E-state index contributed by atoms with van der Waals surface area (Å²) in [5.41, 5.74) is 1.19. The third kappa shape index (κ3) is 3.35. The van der Waals surface area contributed by atoms with Crippen molar-refractivity contribution in [2.75, 3.05) is 13.1 Å². The van der Waals surface area contributed by atoms with E-state index in [2.05, 4.69) is 28.5 Å². The lowest BCUT2D eigenvalue weighted by Crippen LogP contribution is -2.53. The van der Waals surface area contributed by atoms with E-state index in [0.717, 1.165) is 31.5 Å². The van der Waals surface area contributed by atoms with Gasteiger partial charge >= 0.3 is 0 Å². The maximum atomic E-state index is 11.6. The van der Waals surface area contributed by atoms with Crippen molar-refractivity contribution >= 4 is 0 Å². The van der Waals surface area contributed by atoms with E-state index in [0.29, 0.717) is 6.54 Å². The van der Waals surface area contributed by atoms with E-state index in [1.807, 2.05) is 30.3 Å². The Balaban J connectivity index is 1.89. The molecule has 2 heterocycles. The normalized spacial score (nSPS) is 20.2. The van der Waals surface area contributed by atoms with Crippen LogP contribution < -0.4 is 0 Å². The number of benzene rings is 1. The van der Waals surface area contributed by atoms with Crippen LogP contribution in [-0.2, 0) is 12.1 Å². The number of hydrogen-bond acceptors (Lipinski definition) is 4. The lowest BCUT2D eigenvalue weighted by Gasteiger charge is -2.43. The first kappa shape index (κ1) is 15.9. The summed E-state index contributed by atoms with van der Waals surface area (Å²) >= 11 is 0. The molecule has 5 heteroatoms. The van der Waals surface area contributed by atoms with Crippen molar-refractivity contribution < 1.29 is 5.11 Å². The Labute approximate surface area is 137 Å². The molecule has 1 saturated heterocycles. The monoisotopic (exact) mass is 312 g/mol. The van der Waals surface area contributed by atoms with Gasteiger partial charge in [-0.05, 0) is 25.3 Å². The molecule has 3 rings (SSSR count). The Bertz CT molecular complexity index is 630. The summed E-state index contributed by atoms with van der Waals surface area (Å²) in [4.78, 5) is 6.34. The molecular weight excluding hydrogens is 288 g/mol. The van der Waals surface area contributed by atoms with Gasteiger partial charge in [-0.15, -0.1) is 0 Å². The average Bonchev–Trinajstić information content (AvgIpc) is 3.08. The Morgan fingerprint density at radius 2 is 1.96 bits per heavy atom. The van der Waals surface area contributed by atoms with Gasteiger partial charge in [0.1, 0.15) is 18.3 Å². The van der Waals surface area contributed by atoms with Gasteiger partial charge in [0.15, 0.2) is 0 Å². The molecule has 0 amide bonds. The zero-order valence-electron chi connectivity index (χ0n) is 13.6. The summed E-state index contributed by atoms with van der Waals surface area (Å²) in [6, 6.07) is 9.84. The van der Waals surface area contributed by atoms with Gasteiger partial charge in [0, 0.05) is 19.1 Å². The van der Waals surface area contributed by atoms with Crippen molar-refractivity contribution in [3.05, 3.63) is 60.7 Å². The van der Waals surface area contributed by atoms with Gasteiger partial charge in [0.2, 0.25) is 0 Å². The van der Waals surface area contributed by atoms with Crippen LogP contribution >= 0.6 is 0 Å². The fraction of sp³-hybridized carbons (Fsp3) is 0.444. The van der Waals surface area contributed by atoms with Crippen LogP contribution in [0.15, 0.2) is 55.1 Å². The fourth-order valence-corrected chi connectivity index (χ4v) is 3.28. The molecule has 1 N–H and O–H groups in total. The number of rotatable bonds is 5. The zero-order valence-corrected chi connectivity index (χ0v) is 13.6. The highest BCUT2D eigenvalue weighted by molar-refractivity contribution is 5.24. The molecule has 0 aliphatic carbocycles. The van der Waals surface area contributed by atoms with Crippen molar-refractivity contribution in [2.45, 2.75) is 38.0 Å². The van der Waals surface area contributed by atoms with Gasteiger partial charge in [-0.25, -0.2) is 9.67 Å². The molecule has 2 aromatic rings. The summed E-state index contributed by atoms with van der Waals surface area (Å²) in [5, 5.41) is 15.8. The van der Waals surface area contributed by atoms with Gasteiger partial charge in [0.05, 0.1) is 6.54 Å². The van der Waals surface area contributed by atoms with Crippen LogP contribution in [0.3, 0.4) is 0 Å². The molecule has 0 spiro atoms. The smallest absolute Gasteiger partial charge is 0.137 e. The van der Waals surface area contributed by atoms with Gasteiger partial charge in [-0.1, -0.05) is 42.5 Å². The summed E-state index contributed by atoms with van der Waals surface area (Å²) < 4.78 is 1.70. The second kappa shape index (κ2) is 6.64. The third-order valence-corrected chi connectivity index (χ3v) is 4.89. The SMILES string of the molecule is C=C1CCN([C@H](C)[C@](O)(Cn2cncn2)c2ccccc2)CC1. The van der Waals surface area contributed by atoms with Gasteiger partial charge in [0.25, 0.3) is 0 Å². The topological polar surface area (TPSA) is 54.2 Å². The molecule has 1 fully saturated rings. The van der Waals surface area contributed by atoms with E-state index in [4.69, 9.17) is 0 Å². The first-order valence-corrected chi connectivity index (χ1v) is 8.10. The Morgan fingerprint density at radius 3 is 2.57 bits per heavy atom. The Morgan fingerprint density at radius 1 is 1.26 bits per heavy atom. The van der Waals surface area contributed by atoms with Crippen molar-refractivity contribution in [3.8, 4) is 0 Å². The quantitative estimate of drug-likeness (QED) is 0.860. The molecule has 0 unspecified atom stereocenters. The van der Waals surface area contributed by atoms with E-state index in [-0.39, 0.29) is 6.04 Å². The van der Waals surface area contributed by atoms with Crippen LogP contribution in [0.4, 0.5) is 0 Å². The Hall–Kier alpha value is -1.98. The Kier molecular flexibility index (Phi) is 4.59. The summed E-state index contributed by atoms with van der Waals surface area (Å²) in [6.07, 6.45) is 5.15. The van der Waals surface area contributed by atoms with Crippen molar-refractivity contribution in [3.63, 3.8) is 0 Å². The number of nitrogens with zero attached hydrogens (tertiary/aromatic N) is 4. The highest BCUT2D eigenvalue weighted by Gasteiger charge is 2.40. The number of aliphatic hydroxyl groups is 1. The average molecular weight is 312 g/mol.